The molecule has 3 N–H and O–H groups in total. The van der Waals surface area contributed by atoms with Crippen molar-refractivity contribution >= 4 is 33.3 Å². The number of carboxylic acid groups (broad SMARTS) is 1. The molecule has 0 saturated carbocycles. The normalized spacial score (nSPS) is 13.3. The van der Waals surface area contributed by atoms with Gasteiger partial charge in [0.2, 0.25) is 5.91 Å². The molecule has 2 aromatic rings. The maximum absolute atomic E-state index is 12.6. The van der Waals surface area contributed by atoms with Gasteiger partial charge in [-0.15, -0.1) is 0 Å². The fourth-order valence-electron chi connectivity index (χ4n) is 2.44. The molecule has 3 rings (SSSR count). The Hall–Kier alpha value is -2.87. The van der Waals surface area contributed by atoms with Crippen molar-refractivity contribution in [3.63, 3.8) is 0 Å². The molecule has 0 saturated heterocycles. The number of hydrogen-bond acceptors (Lipinski definition) is 4. The summed E-state index contributed by atoms with van der Waals surface area (Å²) in [4.78, 5) is 22.4. The summed E-state index contributed by atoms with van der Waals surface area (Å²) in [6.07, 6.45) is 0.131. The lowest BCUT2D eigenvalue weighted by atomic mass is 10.1. The second-order valence-corrected chi connectivity index (χ2v) is 7.17. The number of amides is 1. The van der Waals surface area contributed by atoms with Crippen LogP contribution in [0, 0.1) is 6.92 Å². The summed E-state index contributed by atoms with van der Waals surface area (Å²) in [7, 11) is -3.90. The Morgan fingerprint density at radius 3 is 2.67 bits per heavy atom. The molecule has 1 aliphatic heterocycles. The molecule has 0 spiro atoms. The molecule has 7 nitrogen and oxygen atoms in total. The topological polar surface area (TPSA) is 113 Å². The van der Waals surface area contributed by atoms with E-state index in [0.717, 1.165) is 0 Å². The molecule has 0 atom stereocenters. The molecule has 1 aliphatic rings. The average molecular weight is 346 g/mol. The Bertz CT molecular complexity index is 966. The van der Waals surface area contributed by atoms with Gasteiger partial charge in [0.25, 0.3) is 10.0 Å². The minimum Gasteiger partial charge on any atom is -0.478 e. The lowest BCUT2D eigenvalue weighted by molar-refractivity contribution is -0.115. The molecule has 0 aromatic heterocycles. The lowest BCUT2D eigenvalue weighted by Gasteiger charge is -2.12. The minimum atomic E-state index is -3.90. The molecule has 124 valence electrons. The van der Waals surface area contributed by atoms with Crippen molar-refractivity contribution in [1.29, 1.82) is 0 Å². The van der Waals surface area contributed by atoms with Crippen molar-refractivity contribution in [2.75, 3.05) is 10.0 Å². The summed E-state index contributed by atoms with van der Waals surface area (Å²) in [5, 5.41) is 11.7. The highest BCUT2D eigenvalue weighted by atomic mass is 32.2. The zero-order valence-corrected chi connectivity index (χ0v) is 13.5. The van der Waals surface area contributed by atoms with E-state index in [1.807, 2.05) is 0 Å². The third kappa shape index (κ3) is 2.95. The van der Waals surface area contributed by atoms with E-state index in [1.54, 1.807) is 6.92 Å². The first kappa shape index (κ1) is 16.0. The van der Waals surface area contributed by atoms with Gasteiger partial charge in [-0.2, -0.15) is 0 Å². The second-order valence-electron chi connectivity index (χ2n) is 5.48. The quantitative estimate of drug-likeness (QED) is 0.784. The number of carbonyl (C=O) groups excluding carboxylic acids is 1. The molecule has 0 radical (unpaired) electrons. The highest BCUT2D eigenvalue weighted by molar-refractivity contribution is 7.92. The first-order valence-corrected chi connectivity index (χ1v) is 8.54. The van der Waals surface area contributed by atoms with Gasteiger partial charge in [-0.3, -0.25) is 9.52 Å². The van der Waals surface area contributed by atoms with Crippen molar-refractivity contribution in [3.8, 4) is 0 Å². The number of hydrogen-bond donors (Lipinski definition) is 3. The summed E-state index contributed by atoms with van der Waals surface area (Å²) in [5.41, 5.74) is 2.00. The first-order chi connectivity index (χ1) is 11.3. The number of aryl methyl sites for hydroxylation is 1. The summed E-state index contributed by atoms with van der Waals surface area (Å²) in [6, 6.07) is 8.58. The van der Waals surface area contributed by atoms with Crippen LogP contribution in [0.2, 0.25) is 0 Å². The zero-order valence-electron chi connectivity index (χ0n) is 12.7. The van der Waals surface area contributed by atoms with Gasteiger partial charge < -0.3 is 10.4 Å². The summed E-state index contributed by atoms with van der Waals surface area (Å²) in [6.45, 7) is 1.68. The average Bonchev–Trinajstić information content (AvgIpc) is 2.88. The molecular formula is C16H14N2O5S. The number of carboxylic acids is 1. The van der Waals surface area contributed by atoms with Crippen LogP contribution in [0.5, 0.6) is 0 Å². The monoisotopic (exact) mass is 346 g/mol. The highest BCUT2D eigenvalue weighted by Gasteiger charge is 2.22. The van der Waals surface area contributed by atoms with Gasteiger partial charge >= 0.3 is 5.97 Å². The van der Waals surface area contributed by atoms with E-state index in [2.05, 4.69) is 10.0 Å². The number of benzene rings is 2. The van der Waals surface area contributed by atoms with Crippen molar-refractivity contribution < 1.29 is 23.1 Å². The van der Waals surface area contributed by atoms with E-state index >= 15 is 0 Å². The number of nitrogens with one attached hydrogen (secondary N) is 2. The first-order valence-electron chi connectivity index (χ1n) is 7.06. The van der Waals surface area contributed by atoms with Crippen molar-refractivity contribution in [2.45, 2.75) is 18.2 Å². The SMILES string of the molecule is Cc1ccc(C(=O)O)cc1NS(=O)(=O)c1ccc2c(c1)CC(=O)N2. The van der Waals surface area contributed by atoms with Crippen LogP contribution in [-0.4, -0.2) is 25.4 Å². The van der Waals surface area contributed by atoms with Crippen molar-refractivity contribution in [3.05, 3.63) is 53.1 Å². The Morgan fingerprint density at radius 1 is 1.21 bits per heavy atom. The number of carbonyl (C=O) groups is 2. The Balaban J connectivity index is 1.95. The summed E-state index contributed by atoms with van der Waals surface area (Å²) in [5.74, 6) is -1.32. The van der Waals surface area contributed by atoms with E-state index in [1.165, 1.54) is 36.4 Å². The van der Waals surface area contributed by atoms with Gasteiger partial charge in [0.1, 0.15) is 0 Å². The maximum Gasteiger partial charge on any atom is 0.335 e. The lowest BCUT2D eigenvalue weighted by Crippen LogP contribution is -2.14. The standard InChI is InChI=1S/C16H14N2O5S/c1-9-2-3-10(16(20)21)7-14(9)18-24(22,23)12-4-5-13-11(6-12)8-15(19)17-13/h2-7,18H,8H2,1H3,(H,17,19)(H,20,21). The van der Waals surface area contributed by atoms with Crippen molar-refractivity contribution in [1.82, 2.24) is 0 Å². The maximum atomic E-state index is 12.6. The predicted octanol–water partition coefficient (Wildman–Crippen LogP) is 1.99. The van der Waals surface area contributed by atoms with Crippen molar-refractivity contribution in [2.24, 2.45) is 0 Å². The molecule has 1 heterocycles. The molecule has 1 amide bonds. The molecule has 0 aliphatic carbocycles. The van der Waals surface area contributed by atoms with Gasteiger partial charge in [0, 0.05) is 5.69 Å². The van der Waals surface area contributed by atoms with E-state index in [-0.39, 0.29) is 28.5 Å². The Kier molecular flexibility index (Phi) is 3.76. The van der Waals surface area contributed by atoms with Gasteiger partial charge in [0.15, 0.2) is 0 Å². The third-order valence-corrected chi connectivity index (χ3v) is 5.10. The molecule has 0 fully saturated rings. The van der Waals surface area contributed by atoms with E-state index in [0.29, 0.717) is 16.8 Å². The fourth-order valence-corrected chi connectivity index (χ4v) is 3.61. The number of anilines is 2. The molecule has 0 bridgehead atoms. The van der Waals surface area contributed by atoms with Crippen LogP contribution in [0.25, 0.3) is 0 Å². The van der Waals surface area contributed by atoms with Gasteiger partial charge in [-0.25, -0.2) is 13.2 Å². The Labute approximate surface area is 138 Å². The van der Waals surface area contributed by atoms with E-state index < -0.39 is 16.0 Å². The number of fused-ring (bicyclic) bond motifs is 1. The molecule has 24 heavy (non-hydrogen) atoms. The minimum absolute atomic E-state index is 0.0119. The van der Waals surface area contributed by atoms with E-state index in [9.17, 15) is 18.0 Å². The number of aromatic carboxylic acids is 1. The highest BCUT2D eigenvalue weighted by Crippen LogP contribution is 2.27. The Morgan fingerprint density at radius 2 is 1.96 bits per heavy atom. The largest absolute Gasteiger partial charge is 0.478 e. The number of sulfonamides is 1. The van der Waals surface area contributed by atoms with Crippen LogP contribution in [0.1, 0.15) is 21.5 Å². The molecule has 0 unspecified atom stereocenters. The van der Waals surface area contributed by atoms with E-state index in [4.69, 9.17) is 5.11 Å². The summed E-state index contributed by atoms with van der Waals surface area (Å²) >= 11 is 0. The zero-order chi connectivity index (χ0) is 17.5. The van der Waals surface area contributed by atoms with Crippen LogP contribution in [-0.2, 0) is 21.2 Å². The van der Waals surface area contributed by atoms with Crippen LogP contribution < -0.4 is 10.0 Å². The fraction of sp³-hybridized carbons (Fsp3) is 0.125. The third-order valence-electron chi connectivity index (χ3n) is 3.74. The molecule has 2 aromatic carbocycles. The molecule has 8 heteroatoms. The summed E-state index contributed by atoms with van der Waals surface area (Å²) < 4.78 is 27.5. The van der Waals surface area contributed by atoms with Crippen LogP contribution in [0.3, 0.4) is 0 Å². The van der Waals surface area contributed by atoms with Crippen LogP contribution >= 0.6 is 0 Å². The smallest absolute Gasteiger partial charge is 0.335 e. The van der Waals surface area contributed by atoms with Gasteiger partial charge in [-0.1, -0.05) is 6.07 Å². The molecular weight excluding hydrogens is 332 g/mol. The number of rotatable bonds is 4. The van der Waals surface area contributed by atoms with Crippen LogP contribution in [0.4, 0.5) is 11.4 Å². The second kappa shape index (κ2) is 5.64. The van der Waals surface area contributed by atoms with Gasteiger partial charge in [0.05, 0.1) is 22.6 Å². The predicted molar refractivity (Wildman–Crippen MR) is 87.7 cm³/mol. The van der Waals surface area contributed by atoms with Gasteiger partial charge in [-0.05, 0) is 48.4 Å². The van der Waals surface area contributed by atoms with Crippen LogP contribution in [0.15, 0.2) is 41.3 Å².